The first kappa shape index (κ1) is 34.2. The molecule has 0 radical (unpaired) electrons. The van der Waals surface area contributed by atoms with E-state index in [4.69, 9.17) is 13.7 Å². The van der Waals surface area contributed by atoms with Crippen LogP contribution in [-0.2, 0) is 25.8 Å². The molecule has 5 aliphatic carbocycles. The number of carbonyl (C=O) groups excluding carboxylic acids is 2. The Kier molecular flexibility index (Phi) is 7.56. The molecule has 0 amide bonds. The van der Waals surface area contributed by atoms with Crippen LogP contribution >= 0.6 is 0 Å². The minimum absolute atomic E-state index is 0.00687. The van der Waals surface area contributed by atoms with E-state index in [1.54, 1.807) is 13.1 Å². The molecule has 0 aliphatic heterocycles. The van der Waals surface area contributed by atoms with Gasteiger partial charge in [0.1, 0.15) is 18.7 Å². The molecule has 2 N–H and O–H groups in total. The van der Waals surface area contributed by atoms with Gasteiger partial charge in [0.25, 0.3) is 0 Å². The number of nitrogens with zero attached hydrogens (tertiary/aromatic N) is 2. The number of hydrogen-bond acceptors (Lipinski definition) is 9. The second-order valence-corrected chi connectivity index (χ2v) is 17.5. The second-order valence-electron chi connectivity index (χ2n) is 17.5. The Bertz CT molecular complexity index is 1780. The van der Waals surface area contributed by atoms with Gasteiger partial charge >= 0.3 is 11.8 Å². The molecular formula is C38H51N3O8. The highest BCUT2D eigenvalue weighted by Crippen LogP contribution is 2.76. The maximum Gasteiger partial charge on any atom is 0.519 e. The zero-order valence-electron chi connectivity index (χ0n) is 29.9. The topological polar surface area (TPSA) is 154 Å². The van der Waals surface area contributed by atoms with Gasteiger partial charge in [-0.1, -0.05) is 33.3 Å². The van der Waals surface area contributed by atoms with E-state index in [9.17, 15) is 19.5 Å². The Hall–Kier alpha value is -3.31. The lowest BCUT2D eigenvalue weighted by molar-refractivity contribution is -0.242. The van der Waals surface area contributed by atoms with Crippen molar-refractivity contribution in [3.8, 4) is 0 Å². The number of hydrogen-bond donors (Lipinski definition) is 2. The van der Waals surface area contributed by atoms with Gasteiger partial charge in [-0.25, -0.2) is 4.79 Å². The molecule has 0 aromatic carbocycles. The standard InChI is InChI=1S/C38H51N3O8/c1-23-27(49-31(46)48-23)21-47-40-38-16-15-35(5)29(36(38,6)10-9-28(37(38,7)22-42)41-18-8-17-39-41)26(43)19-24-25-20-33(3,30(44)45)12-11-32(25,2)13-14-34(24,35)4/h8,17-19,22,25,28-29,40H,9-16,20-21H2,1-7H3,(H,44,45)/t25-,28-,29-,32+,33-,34+,35+,36+,37+,38-/m0/s1. The van der Waals surface area contributed by atoms with Crippen LogP contribution in [0.1, 0.15) is 117 Å². The van der Waals surface area contributed by atoms with Gasteiger partial charge in [-0.15, -0.1) is 0 Å². The number of aldehydes is 1. The van der Waals surface area contributed by atoms with E-state index in [-0.39, 0.29) is 40.9 Å². The fraction of sp³-hybridized carbons (Fsp3) is 0.711. The van der Waals surface area contributed by atoms with Crippen LogP contribution in [0.25, 0.3) is 0 Å². The summed E-state index contributed by atoms with van der Waals surface area (Å²) >= 11 is 0. The number of carbonyl (C=O) groups is 3. The highest BCUT2D eigenvalue weighted by Gasteiger charge is 2.76. The minimum atomic E-state index is -1.05. The summed E-state index contributed by atoms with van der Waals surface area (Å²) in [6.07, 6.45) is 12.9. The largest absolute Gasteiger partial charge is 0.519 e. The van der Waals surface area contributed by atoms with Crippen LogP contribution in [0.3, 0.4) is 0 Å². The summed E-state index contributed by atoms with van der Waals surface area (Å²) in [5.74, 6) is -1.38. The average molecular weight is 678 g/mol. The molecule has 7 rings (SSSR count). The minimum Gasteiger partial charge on any atom is -0.481 e. The number of allylic oxidation sites excluding steroid dienone is 2. The summed E-state index contributed by atoms with van der Waals surface area (Å²) in [5, 5.41) is 14.8. The van der Waals surface area contributed by atoms with Crippen LogP contribution in [0.5, 0.6) is 0 Å². The number of ketones is 1. The van der Waals surface area contributed by atoms with Gasteiger partial charge in [-0.2, -0.15) is 10.6 Å². The van der Waals surface area contributed by atoms with Crippen molar-refractivity contribution in [1.82, 2.24) is 15.3 Å². The SMILES string of the molecule is Cc1oc(=O)oc1CON[C@@]12CC[C@]3(C)[C@H](C(=O)C=C4[C@@H]5C[C@@](C)(C(=O)O)CC[C@]5(C)CC[C@]43C)[C@@]1(C)CC[C@H](n1cccn1)[C@@]2(C)C=O. The number of rotatable bonds is 7. The van der Waals surface area contributed by atoms with E-state index in [0.717, 1.165) is 31.1 Å². The van der Waals surface area contributed by atoms with Gasteiger partial charge in [0.05, 0.1) is 22.4 Å². The fourth-order valence-corrected chi connectivity index (χ4v) is 12.1. The number of carboxylic acids is 1. The Morgan fingerprint density at radius 3 is 2.41 bits per heavy atom. The Labute approximate surface area is 287 Å². The van der Waals surface area contributed by atoms with E-state index in [0.29, 0.717) is 44.3 Å². The summed E-state index contributed by atoms with van der Waals surface area (Å²) in [4.78, 5) is 59.2. The number of carboxylic acid groups (broad SMARTS) is 1. The van der Waals surface area contributed by atoms with Crippen LogP contribution in [0.2, 0.25) is 0 Å². The molecule has 0 saturated heterocycles. The lowest BCUT2D eigenvalue weighted by Crippen LogP contribution is -2.78. The fourth-order valence-electron chi connectivity index (χ4n) is 12.1. The quantitative estimate of drug-likeness (QED) is 0.250. The molecule has 5 aliphatic rings. The van der Waals surface area contributed by atoms with Crippen LogP contribution in [0.15, 0.2) is 43.7 Å². The number of aryl methyl sites for hydroxylation is 1. The van der Waals surface area contributed by atoms with Crippen molar-refractivity contribution in [3.05, 3.63) is 52.2 Å². The van der Waals surface area contributed by atoms with E-state index in [1.807, 2.05) is 36.9 Å². The third kappa shape index (κ3) is 4.36. The van der Waals surface area contributed by atoms with Crippen LogP contribution in [-0.4, -0.2) is 38.5 Å². The molecule has 2 aromatic heterocycles. The predicted molar refractivity (Wildman–Crippen MR) is 178 cm³/mol. The van der Waals surface area contributed by atoms with Gasteiger partial charge in [-0.05, 0) is 118 Å². The third-order valence-electron chi connectivity index (χ3n) is 15.5. The molecule has 4 fully saturated rings. The molecule has 2 heterocycles. The Balaban J connectivity index is 1.35. The van der Waals surface area contributed by atoms with Crippen LogP contribution in [0.4, 0.5) is 0 Å². The molecule has 11 nitrogen and oxygen atoms in total. The van der Waals surface area contributed by atoms with E-state index >= 15 is 4.79 Å². The summed E-state index contributed by atoms with van der Waals surface area (Å²) in [7, 11) is 0. The summed E-state index contributed by atoms with van der Waals surface area (Å²) < 4.78 is 12.1. The maximum atomic E-state index is 15.0. The average Bonchev–Trinajstić information content (AvgIpc) is 3.69. The number of aromatic nitrogens is 2. The highest BCUT2D eigenvalue weighted by atomic mass is 16.7. The molecule has 4 saturated carbocycles. The molecule has 0 unspecified atom stereocenters. The summed E-state index contributed by atoms with van der Waals surface area (Å²) in [6, 6.07) is 1.56. The monoisotopic (exact) mass is 677 g/mol. The zero-order chi connectivity index (χ0) is 35.4. The number of hydroxylamine groups is 1. The number of nitrogens with one attached hydrogen (secondary N) is 1. The molecule has 11 heteroatoms. The van der Waals surface area contributed by atoms with Crippen molar-refractivity contribution in [2.75, 3.05) is 0 Å². The van der Waals surface area contributed by atoms with Crippen LogP contribution < -0.4 is 11.3 Å². The maximum absolute atomic E-state index is 15.0. The first-order chi connectivity index (χ1) is 22.9. The molecular weight excluding hydrogens is 626 g/mol. The third-order valence-corrected chi connectivity index (χ3v) is 15.5. The van der Waals surface area contributed by atoms with Crippen molar-refractivity contribution in [2.45, 2.75) is 124 Å². The first-order valence-electron chi connectivity index (χ1n) is 17.9. The van der Waals surface area contributed by atoms with Crippen LogP contribution in [0, 0.1) is 51.2 Å². The highest BCUT2D eigenvalue weighted by molar-refractivity contribution is 5.96. The van der Waals surface area contributed by atoms with Gasteiger partial charge in [0.2, 0.25) is 0 Å². The van der Waals surface area contributed by atoms with E-state index in [2.05, 4.69) is 38.3 Å². The normalized spacial score (nSPS) is 44.6. The number of aliphatic carboxylic acids is 1. The Morgan fingerprint density at radius 2 is 1.78 bits per heavy atom. The van der Waals surface area contributed by atoms with Crippen molar-refractivity contribution < 1.29 is 33.2 Å². The number of fused-ring (bicyclic) bond motifs is 7. The lowest BCUT2D eigenvalue weighted by Gasteiger charge is -2.73. The summed E-state index contributed by atoms with van der Waals surface area (Å²) in [5.41, 5.74) is 0.0624. The first-order valence-corrected chi connectivity index (χ1v) is 17.9. The van der Waals surface area contributed by atoms with E-state index in [1.165, 1.54) is 0 Å². The molecule has 49 heavy (non-hydrogen) atoms. The molecule has 266 valence electrons. The molecule has 0 spiro atoms. The van der Waals surface area contributed by atoms with Crippen molar-refractivity contribution in [3.63, 3.8) is 0 Å². The predicted octanol–water partition coefficient (Wildman–Crippen LogP) is 6.37. The van der Waals surface area contributed by atoms with Gasteiger partial charge in [0.15, 0.2) is 11.5 Å². The molecule has 2 aromatic rings. The van der Waals surface area contributed by atoms with Gasteiger partial charge in [0, 0.05) is 18.3 Å². The smallest absolute Gasteiger partial charge is 0.481 e. The summed E-state index contributed by atoms with van der Waals surface area (Å²) in [6.45, 7) is 14.4. The lowest BCUT2D eigenvalue weighted by atomic mass is 9.31. The van der Waals surface area contributed by atoms with Gasteiger partial charge in [-0.3, -0.25) is 19.1 Å². The van der Waals surface area contributed by atoms with Crippen molar-refractivity contribution in [1.29, 1.82) is 0 Å². The Morgan fingerprint density at radius 1 is 1.04 bits per heavy atom. The van der Waals surface area contributed by atoms with Crippen molar-refractivity contribution in [2.24, 2.45) is 44.3 Å². The van der Waals surface area contributed by atoms with Gasteiger partial charge < -0.3 is 18.7 Å². The molecule has 0 bridgehead atoms. The molecule has 10 atom stereocenters. The van der Waals surface area contributed by atoms with E-state index < -0.39 is 44.9 Å². The second kappa shape index (κ2) is 10.8. The zero-order valence-corrected chi connectivity index (χ0v) is 29.9. The van der Waals surface area contributed by atoms with Crippen molar-refractivity contribution >= 4 is 18.0 Å².